The molecule has 1 aliphatic carbocycles. The smallest absolute Gasteiger partial charge is 0.290 e. The number of halogens is 2. The van der Waals surface area contributed by atoms with Gasteiger partial charge in [0, 0.05) is 18.2 Å². The highest BCUT2D eigenvalue weighted by atomic mass is 35.5. The zero-order chi connectivity index (χ0) is 14.7. The number of carbonyl (C=O) groups is 1. The summed E-state index contributed by atoms with van der Waals surface area (Å²) in [5.74, 6) is 0.445. The first-order valence-electron chi connectivity index (χ1n) is 6.40. The van der Waals surface area contributed by atoms with Crippen LogP contribution < -0.4 is 5.32 Å². The topological polar surface area (TPSA) is 72.2 Å². The van der Waals surface area contributed by atoms with Crippen LogP contribution in [0.4, 0.5) is 5.69 Å². The number of rotatable bonds is 6. The van der Waals surface area contributed by atoms with Crippen LogP contribution >= 0.6 is 23.2 Å². The fraction of sp³-hybridized carbons (Fsp3) is 0.462. The Labute approximate surface area is 126 Å². The third-order valence-electron chi connectivity index (χ3n) is 3.24. The summed E-state index contributed by atoms with van der Waals surface area (Å²) in [6, 6.07) is 2.48. The van der Waals surface area contributed by atoms with E-state index in [9.17, 15) is 14.9 Å². The number of amides is 1. The van der Waals surface area contributed by atoms with Gasteiger partial charge in [0.2, 0.25) is 0 Å². The van der Waals surface area contributed by atoms with Gasteiger partial charge in [0.05, 0.1) is 9.95 Å². The highest BCUT2D eigenvalue weighted by Gasteiger charge is 2.21. The van der Waals surface area contributed by atoms with E-state index in [2.05, 4.69) is 5.32 Å². The Morgan fingerprint density at radius 1 is 1.40 bits per heavy atom. The van der Waals surface area contributed by atoms with Gasteiger partial charge in [-0.2, -0.15) is 0 Å². The van der Waals surface area contributed by atoms with Gasteiger partial charge >= 0.3 is 0 Å². The van der Waals surface area contributed by atoms with Crippen molar-refractivity contribution in [2.45, 2.75) is 25.7 Å². The van der Waals surface area contributed by atoms with Crippen LogP contribution in [-0.2, 0) is 0 Å². The molecule has 2 rings (SSSR count). The lowest BCUT2D eigenvalue weighted by Gasteiger charge is -2.06. The average Bonchev–Trinajstić information content (AvgIpc) is 3.21. The minimum atomic E-state index is -0.655. The second-order valence-corrected chi connectivity index (χ2v) is 5.67. The van der Waals surface area contributed by atoms with Crippen molar-refractivity contribution in [1.29, 1.82) is 0 Å². The predicted octanol–water partition coefficient (Wildman–Crippen LogP) is 3.82. The maximum atomic E-state index is 11.9. The molecular formula is C13H14Cl2N2O3. The van der Waals surface area contributed by atoms with Gasteiger partial charge in [-0.3, -0.25) is 14.9 Å². The van der Waals surface area contributed by atoms with E-state index in [0.29, 0.717) is 6.54 Å². The lowest BCUT2D eigenvalue weighted by atomic mass is 10.1. The second-order valence-electron chi connectivity index (χ2n) is 4.89. The molecule has 0 aliphatic heterocycles. The summed E-state index contributed by atoms with van der Waals surface area (Å²) in [5, 5.41) is 13.4. The van der Waals surface area contributed by atoms with Crippen LogP contribution in [0.25, 0.3) is 0 Å². The van der Waals surface area contributed by atoms with Gasteiger partial charge in [-0.25, -0.2) is 0 Å². The Morgan fingerprint density at radius 3 is 2.70 bits per heavy atom. The normalized spacial score (nSPS) is 14.1. The van der Waals surface area contributed by atoms with Gasteiger partial charge in [0.25, 0.3) is 11.6 Å². The molecule has 0 radical (unpaired) electrons. The molecule has 0 bridgehead atoms. The molecule has 108 valence electrons. The largest absolute Gasteiger partial charge is 0.352 e. The highest BCUT2D eigenvalue weighted by molar-refractivity contribution is 6.43. The van der Waals surface area contributed by atoms with E-state index in [1.165, 1.54) is 18.9 Å². The molecule has 20 heavy (non-hydrogen) atoms. The molecule has 0 spiro atoms. The molecule has 1 aliphatic rings. The van der Waals surface area contributed by atoms with Gasteiger partial charge in [0.1, 0.15) is 5.02 Å². The van der Waals surface area contributed by atoms with Crippen molar-refractivity contribution in [2.24, 2.45) is 5.92 Å². The zero-order valence-electron chi connectivity index (χ0n) is 10.7. The Balaban J connectivity index is 1.99. The predicted molar refractivity (Wildman–Crippen MR) is 77.4 cm³/mol. The maximum absolute atomic E-state index is 11.9. The van der Waals surface area contributed by atoms with Crippen molar-refractivity contribution in [2.75, 3.05) is 6.54 Å². The van der Waals surface area contributed by atoms with Crippen molar-refractivity contribution >= 4 is 34.8 Å². The number of benzene rings is 1. The van der Waals surface area contributed by atoms with E-state index in [1.807, 2.05) is 0 Å². The molecular weight excluding hydrogens is 303 g/mol. The summed E-state index contributed by atoms with van der Waals surface area (Å²) >= 11 is 11.5. The molecule has 0 heterocycles. The van der Waals surface area contributed by atoms with Crippen molar-refractivity contribution < 1.29 is 9.72 Å². The lowest BCUT2D eigenvalue weighted by molar-refractivity contribution is -0.384. The van der Waals surface area contributed by atoms with Crippen LogP contribution in [0.15, 0.2) is 12.1 Å². The fourth-order valence-corrected chi connectivity index (χ4v) is 2.33. The number of nitrogens with one attached hydrogen (secondary N) is 1. The highest BCUT2D eigenvalue weighted by Crippen LogP contribution is 2.34. The second kappa shape index (κ2) is 6.41. The SMILES string of the molecule is O=C(NCCCC1CC1)c1cc(Cl)c(Cl)c([N+](=O)[O-])c1. The third kappa shape index (κ3) is 3.84. The molecule has 1 aromatic rings. The number of nitro benzene ring substituents is 1. The summed E-state index contributed by atoms with van der Waals surface area (Å²) in [6.07, 6.45) is 4.60. The number of carbonyl (C=O) groups excluding carboxylic acids is 1. The van der Waals surface area contributed by atoms with Crippen LogP contribution in [0.3, 0.4) is 0 Å². The third-order valence-corrected chi connectivity index (χ3v) is 4.03. The minimum Gasteiger partial charge on any atom is -0.352 e. The van der Waals surface area contributed by atoms with Gasteiger partial charge in [-0.05, 0) is 24.8 Å². The maximum Gasteiger partial charge on any atom is 0.290 e. The van der Waals surface area contributed by atoms with Crippen molar-refractivity contribution in [3.05, 3.63) is 37.9 Å². The molecule has 1 amide bonds. The standard InChI is InChI=1S/C13H14Cl2N2O3/c14-10-6-9(7-11(12(10)15)17(19)20)13(18)16-5-1-2-8-3-4-8/h6-8H,1-5H2,(H,16,18). The van der Waals surface area contributed by atoms with Crippen LogP contribution in [0, 0.1) is 16.0 Å². The Kier molecular flexibility index (Phi) is 4.83. The first-order chi connectivity index (χ1) is 9.49. The summed E-state index contributed by atoms with van der Waals surface area (Å²) in [6.45, 7) is 0.559. The van der Waals surface area contributed by atoms with E-state index in [1.54, 1.807) is 0 Å². The van der Waals surface area contributed by atoms with Gasteiger partial charge < -0.3 is 5.32 Å². The summed E-state index contributed by atoms with van der Waals surface area (Å²) < 4.78 is 0. The molecule has 0 atom stereocenters. The van der Waals surface area contributed by atoms with Crippen LogP contribution in [0.5, 0.6) is 0 Å². The first-order valence-corrected chi connectivity index (χ1v) is 7.16. The van der Waals surface area contributed by atoms with E-state index in [-0.39, 0.29) is 27.2 Å². The molecule has 1 saturated carbocycles. The minimum absolute atomic E-state index is 0.00370. The summed E-state index contributed by atoms with van der Waals surface area (Å²) in [4.78, 5) is 22.1. The quantitative estimate of drug-likeness (QED) is 0.492. The van der Waals surface area contributed by atoms with E-state index in [4.69, 9.17) is 23.2 Å². The lowest BCUT2D eigenvalue weighted by Crippen LogP contribution is -2.24. The average molecular weight is 317 g/mol. The fourth-order valence-electron chi connectivity index (χ4n) is 1.94. The monoisotopic (exact) mass is 316 g/mol. The number of nitrogens with zero attached hydrogens (tertiary/aromatic N) is 1. The number of nitro groups is 1. The van der Waals surface area contributed by atoms with Crippen LogP contribution in [0.2, 0.25) is 10.0 Å². The van der Waals surface area contributed by atoms with E-state index < -0.39 is 4.92 Å². The zero-order valence-corrected chi connectivity index (χ0v) is 12.2. The van der Waals surface area contributed by atoms with Gasteiger partial charge in [-0.1, -0.05) is 36.0 Å². The van der Waals surface area contributed by atoms with E-state index >= 15 is 0 Å². The molecule has 0 aromatic heterocycles. The Bertz CT molecular complexity index is 545. The summed E-state index contributed by atoms with van der Waals surface area (Å²) in [5.41, 5.74) is -0.209. The molecule has 1 N–H and O–H groups in total. The molecule has 5 nitrogen and oxygen atoms in total. The summed E-state index contributed by atoms with van der Waals surface area (Å²) in [7, 11) is 0. The molecule has 1 fully saturated rings. The van der Waals surface area contributed by atoms with Crippen molar-refractivity contribution in [3.8, 4) is 0 Å². The number of hydrogen-bond acceptors (Lipinski definition) is 3. The molecule has 0 unspecified atom stereocenters. The van der Waals surface area contributed by atoms with Crippen LogP contribution in [-0.4, -0.2) is 17.4 Å². The Hall–Kier alpha value is -1.33. The van der Waals surface area contributed by atoms with E-state index in [0.717, 1.165) is 24.8 Å². The van der Waals surface area contributed by atoms with Gasteiger partial charge in [0.15, 0.2) is 0 Å². The molecule has 7 heteroatoms. The Morgan fingerprint density at radius 2 is 2.10 bits per heavy atom. The van der Waals surface area contributed by atoms with Crippen molar-refractivity contribution in [3.63, 3.8) is 0 Å². The van der Waals surface area contributed by atoms with Crippen LogP contribution in [0.1, 0.15) is 36.0 Å². The molecule has 1 aromatic carbocycles. The molecule has 0 saturated heterocycles. The number of hydrogen-bond donors (Lipinski definition) is 1. The first kappa shape index (κ1) is 15.1. The van der Waals surface area contributed by atoms with Crippen molar-refractivity contribution in [1.82, 2.24) is 5.32 Å². The van der Waals surface area contributed by atoms with Gasteiger partial charge in [-0.15, -0.1) is 0 Å².